The highest BCUT2D eigenvalue weighted by Crippen LogP contribution is 2.26. The van der Waals surface area contributed by atoms with Crippen LogP contribution in [0, 0.1) is 0 Å². The van der Waals surface area contributed by atoms with Crippen LogP contribution in [0.1, 0.15) is 24.4 Å². The van der Waals surface area contributed by atoms with E-state index in [1.165, 1.54) is 4.88 Å². The molecule has 0 amide bonds. The van der Waals surface area contributed by atoms with Crippen molar-refractivity contribution in [1.29, 1.82) is 0 Å². The number of rotatable bonds is 1. The maximum absolute atomic E-state index is 5.70. The molecule has 16 heavy (non-hydrogen) atoms. The van der Waals surface area contributed by atoms with Crippen LogP contribution in [-0.2, 0) is 13.0 Å². The van der Waals surface area contributed by atoms with Crippen molar-refractivity contribution < 1.29 is 0 Å². The summed E-state index contributed by atoms with van der Waals surface area (Å²) in [6.07, 6.45) is 0.933. The number of thiazole rings is 1. The van der Waals surface area contributed by atoms with Crippen LogP contribution in [0.4, 0.5) is 5.13 Å². The average Bonchev–Trinajstić information content (AvgIpc) is 2.55. The van der Waals surface area contributed by atoms with Gasteiger partial charge in [0.25, 0.3) is 0 Å². The Balaban J connectivity index is 2.04. The molecule has 0 radical (unpaired) electrons. The van der Waals surface area contributed by atoms with Crippen molar-refractivity contribution in [2.24, 2.45) is 0 Å². The monoisotopic (exact) mass is 256 g/mol. The van der Waals surface area contributed by atoms with Crippen molar-refractivity contribution in [3.8, 4) is 0 Å². The summed E-state index contributed by atoms with van der Waals surface area (Å²) in [7, 11) is 0. The quantitative estimate of drug-likeness (QED) is 0.743. The van der Waals surface area contributed by atoms with Gasteiger partial charge >= 0.3 is 0 Å². The van der Waals surface area contributed by atoms with Crippen LogP contribution in [0.2, 0.25) is 0 Å². The lowest BCUT2D eigenvalue weighted by Crippen LogP contribution is -2.44. The van der Waals surface area contributed by atoms with Gasteiger partial charge in [-0.1, -0.05) is 0 Å². The number of thiocarbonyl (C=S) groups is 1. The molecular weight excluding hydrogens is 240 g/mol. The summed E-state index contributed by atoms with van der Waals surface area (Å²) in [6.45, 7) is 5.94. The molecule has 0 saturated carbocycles. The molecule has 1 aromatic rings. The fourth-order valence-electron chi connectivity index (χ4n) is 1.73. The highest BCUT2D eigenvalue weighted by molar-refractivity contribution is 7.80. The van der Waals surface area contributed by atoms with E-state index in [0.717, 1.165) is 30.3 Å². The average molecular weight is 256 g/mol. The molecule has 6 heteroatoms. The third-order valence-corrected chi connectivity index (χ3v) is 3.73. The number of aromatic nitrogens is 1. The Kier molecular flexibility index (Phi) is 3.30. The molecule has 2 rings (SSSR count). The Hall–Kier alpha value is -0.880. The summed E-state index contributed by atoms with van der Waals surface area (Å²) in [4.78, 5) is 7.73. The fraction of sp³-hybridized carbons (Fsp3) is 0.600. The summed E-state index contributed by atoms with van der Waals surface area (Å²) >= 11 is 6.92. The second-order valence-electron chi connectivity index (χ2n) is 4.20. The SMILES string of the molecule is CC(C)NC(=S)N1CCc2nc(N)sc2C1. The summed E-state index contributed by atoms with van der Waals surface area (Å²) < 4.78 is 0. The smallest absolute Gasteiger partial charge is 0.180 e. The van der Waals surface area contributed by atoms with Crippen LogP contribution < -0.4 is 11.1 Å². The molecule has 2 heterocycles. The van der Waals surface area contributed by atoms with E-state index in [9.17, 15) is 0 Å². The van der Waals surface area contributed by atoms with Crippen LogP contribution >= 0.6 is 23.6 Å². The zero-order chi connectivity index (χ0) is 11.7. The molecule has 1 aliphatic heterocycles. The van der Waals surface area contributed by atoms with Gasteiger partial charge in [0.05, 0.1) is 12.2 Å². The first-order valence-electron chi connectivity index (χ1n) is 5.35. The van der Waals surface area contributed by atoms with Crippen molar-refractivity contribution in [2.75, 3.05) is 12.3 Å². The van der Waals surface area contributed by atoms with Gasteiger partial charge in [0.2, 0.25) is 0 Å². The number of nitrogen functional groups attached to an aromatic ring is 1. The molecule has 1 aromatic heterocycles. The molecule has 0 saturated heterocycles. The van der Waals surface area contributed by atoms with E-state index in [2.05, 4.69) is 29.0 Å². The highest BCUT2D eigenvalue weighted by atomic mass is 32.1. The number of nitrogens with two attached hydrogens (primary N) is 1. The van der Waals surface area contributed by atoms with E-state index >= 15 is 0 Å². The second-order valence-corrected chi connectivity index (χ2v) is 5.70. The van der Waals surface area contributed by atoms with Crippen molar-refractivity contribution >= 4 is 33.8 Å². The third kappa shape index (κ3) is 2.44. The maximum Gasteiger partial charge on any atom is 0.180 e. The van der Waals surface area contributed by atoms with Gasteiger partial charge in [-0.05, 0) is 26.1 Å². The van der Waals surface area contributed by atoms with E-state index in [-0.39, 0.29) is 0 Å². The van der Waals surface area contributed by atoms with Gasteiger partial charge in [-0.2, -0.15) is 0 Å². The van der Waals surface area contributed by atoms with Gasteiger partial charge in [0.1, 0.15) is 0 Å². The topological polar surface area (TPSA) is 54.2 Å². The van der Waals surface area contributed by atoms with Gasteiger partial charge < -0.3 is 16.0 Å². The molecule has 3 N–H and O–H groups in total. The van der Waals surface area contributed by atoms with Gasteiger partial charge in [0, 0.05) is 23.9 Å². The molecule has 88 valence electrons. The van der Waals surface area contributed by atoms with Crippen LogP contribution in [0.25, 0.3) is 0 Å². The first-order valence-corrected chi connectivity index (χ1v) is 6.58. The van der Waals surface area contributed by atoms with Gasteiger partial charge in [-0.15, -0.1) is 11.3 Å². The first-order chi connectivity index (χ1) is 7.56. The first kappa shape index (κ1) is 11.6. The molecule has 0 aromatic carbocycles. The number of hydrogen-bond acceptors (Lipinski definition) is 4. The minimum atomic E-state index is 0.375. The molecule has 4 nitrogen and oxygen atoms in total. The number of hydrogen-bond donors (Lipinski definition) is 2. The predicted octanol–water partition coefficient (Wildman–Crippen LogP) is 1.37. The third-order valence-electron chi connectivity index (χ3n) is 2.45. The highest BCUT2D eigenvalue weighted by Gasteiger charge is 2.21. The van der Waals surface area contributed by atoms with E-state index in [0.29, 0.717) is 11.2 Å². The van der Waals surface area contributed by atoms with E-state index in [1.807, 2.05) is 0 Å². The molecule has 0 fully saturated rings. The van der Waals surface area contributed by atoms with Crippen LogP contribution in [0.15, 0.2) is 0 Å². The molecule has 0 spiro atoms. The number of anilines is 1. The van der Waals surface area contributed by atoms with E-state index < -0.39 is 0 Å². The zero-order valence-corrected chi connectivity index (χ0v) is 11.1. The van der Waals surface area contributed by atoms with Crippen molar-refractivity contribution in [3.63, 3.8) is 0 Å². The Labute approximate surface area is 105 Å². The fourth-order valence-corrected chi connectivity index (χ4v) is 3.01. The van der Waals surface area contributed by atoms with Gasteiger partial charge in [0.15, 0.2) is 10.2 Å². The summed E-state index contributed by atoms with van der Waals surface area (Å²) in [5.41, 5.74) is 6.85. The Morgan fingerprint density at radius 1 is 1.62 bits per heavy atom. The van der Waals surface area contributed by atoms with Crippen LogP contribution in [0.5, 0.6) is 0 Å². The Morgan fingerprint density at radius 2 is 2.38 bits per heavy atom. The van der Waals surface area contributed by atoms with Crippen molar-refractivity contribution in [3.05, 3.63) is 10.6 Å². The van der Waals surface area contributed by atoms with Gasteiger partial charge in [-0.25, -0.2) is 4.98 Å². The largest absolute Gasteiger partial charge is 0.375 e. The van der Waals surface area contributed by atoms with Gasteiger partial charge in [-0.3, -0.25) is 0 Å². The Morgan fingerprint density at radius 3 is 3.06 bits per heavy atom. The molecule has 0 unspecified atom stereocenters. The predicted molar refractivity (Wildman–Crippen MR) is 71.5 cm³/mol. The molecule has 0 atom stereocenters. The number of nitrogens with zero attached hydrogens (tertiary/aromatic N) is 2. The summed E-state index contributed by atoms with van der Waals surface area (Å²) in [5.74, 6) is 0. The summed E-state index contributed by atoms with van der Waals surface area (Å²) in [6, 6.07) is 0.375. The lowest BCUT2D eigenvalue weighted by Gasteiger charge is -2.29. The Bertz CT molecular complexity index is 400. The zero-order valence-electron chi connectivity index (χ0n) is 9.49. The van der Waals surface area contributed by atoms with Crippen molar-refractivity contribution in [2.45, 2.75) is 32.9 Å². The van der Waals surface area contributed by atoms with Crippen LogP contribution in [0.3, 0.4) is 0 Å². The second kappa shape index (κ2) is 4.55. The van der Waals surface area contributed by atoms with Crippen molar-refractivity contribution in [1.82, 2.24) is 15.2 Å². The van der Waals surface area contributed by atoms with E-state index in [1.54, 1.807) is 11.3 Å². The lowest BCUT2D eigenvalue weighted by atomic mass is 10.2. The molecule has 0 bridgehead atoms. The summed E-state index contributed by atoms with van der Waals surface area (Å²) in [5, 5.41) is 4.75. The standard InChI is InChI=1S/C10H16N4S2/c1-6(2)12-10(15)14-4-3-7-8(5-14)16-9(11)13-7/h6H,3-5H2,1-2H3,(H2,11,13)(H,12,15). The molecule has 1 aliphatic rings. The molecular formula is C10H16N4S2. The lowest BCUT2D eigenvalue weighted by molar-refractivity contribution is 0.385. The number of fused-ring (bicyclic) bond motifs is 1. The van der Waals surface area contributed by atoms with E-state index in [4.69, 9.17) is 18.0 Å². The minimum absolute atomic E-state index is 0.375. The molecule has 0 aliphatic carbocycles. The maximum atomic E-state index is 5.70. The normalized spacial score (nSPS) is 15.1. The minimum Gasteiger partial charge on any atom is -0.375 e. The van der Waals surface area contributed by atoms with Crippen LogP contribution in [-0.4, -0.2) is 27.6 Å². The number of nitrogens with one attached hydrogen (secondary N) is 1.